The Morgan fingerprint density at radius 3 is 3.05 bits per heavy atom. The Bertz CT molecular complexity index is 637. The topological polar surface area (TPSA) is 109 Å². The highest BCUT2D eigenvalue weighted by Crippen LogP contribution is 2.30. The molecule has 2 aromatic rings. The first-order chi connectivity index (χ1) is 10.2. The van der Waals surface area contributed by atoms with Crippen molar-refractivity contribution < 1.29 is 4.79 Å². The number of aromatic nitrogens is 3. The van der Waals surface area contributed by atoms with E-state index in [4.69, 9.17) is 5.73 Å². The minimum Gasteiger partial charge on any atom is -0.397 e. The Hall–Kier alpha value is -2.57. The number of H-pyrrole nitrogens is 1. The molecular weight excluding hydrogens is 268 g/mol. The zero-order valence-corrected chi connectivity index (χ0v) is 11.6. The van der Waals surface area contributed by atoms with Gasteiger partial charge in [-0.2, -0.15) is 5.10 Å². The van der Waals surface area contributed by atoms with Crippen LogP contribution in [0.3, 0.4) is 0 Å². The van der Waals surface area contributed by atoms with Gasteiger partial charge in [0.1, 0.15) is 12.2 Å². The number of hydrogen-bond donors (Lipinski definition) is 4. The average molecular weight is 286 g/mol. The predicted molar refractivity (Wildman–Crippen MR) is 81.0 cm³/mol. The number of nitrogens with zero attached hydrogens (tertiary/aromatic N) is 2. The predicted octanol–water partition coefficient (Wildman–Crippen LogP) is 1.32. The van der Waals surface area contributed by atoms with Crippen LogP contribution < -0.4 is 16.4 Å². The van der Waals surface area contributed by atoms with E-state index < -0.39 is 0 Å². The lowest BCUT2D eigenvalue weighted by molar-refractivity contribution is -0.116. The molecule has 1 amide bonds. The highest BCUT2D eigenvalue weighted by molar-refractivity contribution is 5.95. The van der Waals surface area contributed by atoms with Crippen LogP contribution in [-0.4, -0.2) is 27.6 Å². The number of carbonyl (C=O) groups excluding carboxylic acids is 1. The lowest BCUT2D eigenvalue weighted by Crippen LogP contribution is -2.19. The average Bonchev–Trinajstić information content (AvgIpc) is 2.97. The highest BCUT2D eigenvalue weighted by Gasteiger charge is 2.16. The Kier molecular flexibility index (Phi) is 3.72. The van der Waals surface area contributed by atoms with E-state index in [9.17, 15) is 4.79 Å². The van der Waals surface area contributed by atoms with Crippen LogP contribution >= 0.6 is 0 Å². The molecule has 0 atom stereocenters. The molecule has 2 heterocycles. The molecule has 3 rings (SSSR count). The van der Waals surface area contributed by atoms with E-state index in [0.29, 0.717) is 12.1 Å². The lowest BCUT2D eigenvalue weighted by Gasteiger charge is -2.19. The van der Waals surface area contributed by atoms with E-state index in [-0.39, 0.29) is 5.91 Å². The van der Waals surface area contributed by atoms with Gasteiger partial charge in [0, 0.05) is 25.1 Å². The number of nitrogens with two attached hydrogens (primary N) is 1. The van der Waals surface area contributed by atoms with Crippen molar-refractivity contribution in [1.82, 2.24) is 15.2 Å². The van der Waals surface area contributed by atoms with Gasteiger partial charge < -0.3 is 16.4 Å². The highest BCUT2D eigenvalue weighted by atomic mass is 16.1. The standard InChI is InChI=1S/C14H18N6O/c15-10-6-9-3-4-14(21)19-11(9)7-12(10)16-5-1-2-13-17-8-18-20-13/h6-8,16H,1-5,15H2,(H,19,21)(H,17,18,20). The second-order valence-corrected chi connectivity index (χ2v) is 5.11. The monoisotopic (exact) mass is 286 g/mol. The summed E-state index contributed by atoms with van der Waals surface area (Å²) < 4.78 is 0. The number of hydrogen-bond acceptors (Lipinski definition) is 5. The summed E-state index contributed by atoms with van der Waals surface area (Å²) in [7, 11) is 0. The fourth-order valence-corrected chi connectivity index (χ4v) is 2.43. The fraction of sp³-hybridized carbons (Fsp3) is 0.357. The molecule has 1 aromatic heterocycles. The largest absolute Gasteiger partial charge is 0.397 e. The normalized spacial score (nSPS) is 13.6. The van der Waals surface area contributed by atoms with Crippen molar-refractivity contribution in [3.8, 4) is 0 Å². The SMILES string of the molecule is Nc1cc2c(cc1NCCCc1ncn[nH]1)NC(=O)CC2. The third kappa shape index (κ3) is 3.13. The zero-order chi connectivity index (χ0) is 14.7. The molecular formula is C14H18N6O. The van der Waals surface area contributed by atoms with Crippen molar-refractivity contribution >= 4 is 23.0 Å². The third-order valence-corrected chi connectivity index (χ3v) is 3.54. The minimum atomic E-state index is 0.0588. The summed E-state index contributed by atoms with van der Waals surface area (Å²) in [5.74, 6) is 0.936. The van der Waals surface area contributed by atoms with Gasteiger partial charge in [-0.1, -0.05) is 0 Å². The summed E-state index contributed by atoms with van der Waals surface area (Å²) in [5, 5.41) is 12.8. The van der Waals surface area contributed by atoms with Gasteiger partial charge in [0.05, 0.1) is 11.4 Å². The molecule has 21 heavy (non-hydrogen) atoms. The van der Waals surface area contributed by atoms with Gasteiger partial charge in [0.25, 0.3) is 0 Å². The van der Waals surface area contributed by atoms with Gasteiger partial charge in [-0.3, -0.25) is 9.89 Å². The number of aryl methyl sites for hydroxylation is 2. The molecule has 7 nitrogen and oxygen atoms in total. The number of carbonyl (C=O) groups is 1. The Labute approximate surface area is 122 Å². The number of anilines is 3. The minimum absolute atomic E-state index is 0.0588. The van der Waals surface area contributed by atoms with Crippen LogP contribution in [0.2, 0.25) is 0 Å². The van der Waals surface area contributed by atoms with Gasteiger partial charge in [-0.15, -0.1) is 0 Å². The molecule has 0 bridgehead atoms. The molecule has 5 N–H and O–H groups in total. The van der Waals surface area contributed by atoms with Crippen molar-refractivity contribution in [1.29, 1.82) is 0 Å². The quantitative estimate of drug-likeness (QED) is 0.489. The molecule has 0 saturated carbocycles. The molecule has 0 aliphatic carbocycles. The molecule has 7 heteroatoms. The van der Waals surface area contributed by atoms with Crippen LogP contribution in [0.4, 0.5) is 17.1 Å². The van der Waals surface area contributed by atoms with Crippen LogP contribution in [0.15, 0.2) is 18.5 Å². The number of amides is 1. The summed E-state index contributed by atoms with van der Waals surface area (Å²) in [4.78, 5) is 15.5. The van der Waals surface area contributed by atoms with Crippen LogP contribution in [0, 0.1) is 0 Å². The number of nitrogen functional groups attached to an aromatic ring is 1. The Morgan fingerprint density at radius 1 is 1.33 bits per heavy atom. The number of nitrogens with one attached hydrogen (secondary N) is 3. The zero-order valence-electron chi connectivity index (χ0n) is 11.6. The molecule has 0 spiro atoms. The van der Waals surface area contributed by atoms with Crippen molar-refractivity contribution in [3.05, 3.63) is 29.8 Å². The molecule has 0 saturated heterocycles. The Balaban J connectivity index is 1.60. The first-order valence-corrected chi connectivity index (χ1v) is 7.03. The maximum absolute atomic E-state index is 11.4. The molecule has 110 valence electrons. The van der Waals surface area contributed by atoms with Crippen molar-refractivity contribution in [3.63, 3.8) is 0 Å². The van der Waals surface area contributed by atoms with E-state index in [2.05, 4.69) is 25.8 Å². The van der Waals surface area contributed by atoms with E-state index >= 15 is 0 Å². The smallest absolute Gasteiger partial charge is 0.224 e. The summed E-state index contributed by atoms with van der Waals surface area (Å²) in [6, 6.07) is 3.85. The number of benzene rings is 1. The maximum Gasteiger partial charge on any atom is 0.224 e. The second-order valence-electron chi connectivity index (χ2n) is 5.11. The van der Waals surface area contributed by atoms with Gasteiger partial charge in [-0.25, -0.2) is 4.98 Å². The first kappa shape index (κ1) is 13.4. The third-order valence-electron chi connectivity index (χ3n) is 3.54. The number of fused-ring (bicyclic) bond motifs is 1. The van der Waals surface area contributed by atoms with Gasteiger partial charge >= 0.3 is 0 Å². The van der Waals surface area contributed by atoms with Gasteiger partial charge in [-0.05, 0) is 30.5 Å². The lowest BCUT2D eigenvalue weighted by atomic mass is 10.0. The van der Waals surface area contributed by atoms with Crippen molar-refractivity contribution in [2.45, 2.75) is 25.7 Å². The van der Waals surface area contributed by atoms with Gasteiger partial charge in [0.15, 0.2) is 0 Å². The second kappa shape index (κ2) is 5.82. The van der Waals surface area contributed by atoms with Crippen molar-refractivity contribution in [2.24, 2.45) is 0 Å². The first-order valence-electron chi connectivity index (χ1n) is 7.03. The fourth-order valence-electron chi connectivity index (χ4n) is 2.43. The summed E-state index contributed by atoms with van der Waals surface area (Å²) >= 11 is 0. The molecule has 0 fully saturated rings. The van der Waals surface area contributed by atoms with Crippen LogP contribution in [0.1, 0.15) is 24.2 Å². The summed E-state index contributed by atoms with van der Waals surface area (Å²) in [6.45, 7) is 0.775. The Morgan fingerprint density at radius 2 is 2.24 bits per heavy atom. The van der Waals surface area contributed by atoms with E-state index in [1.54, 1.807) is 0 Å². The molecule has 0 unspecified atom stereocenters. The van der Waals surface area contributed by atoms with E-state index in [1.165, 1.54) is 6.33 Å². The van der Waals surface area contributed by atoms with E-state index in [1.807, 2.05) is 12.1 Å². The van der Waals surface area contributed by atoms with Crippen LogP contribution in [0.5, 0.6) is 0 Å². The molecule has 1 aliphatic rings. The molecule has 0 radical (unpaired) electrons. The van der Waals surface area contributed by atoms with Gasteiger partial charge in [0.2, 0.25) is 5.91 Å². The molecule has 1 aromatic carbocycles. The van der Waals surface area contributed by atoms with E-state index in [0.717, 1.165) is 48.6 Å². The maximum atomic E-state index is 11.4. The van der Waals surface area contributed by atoms with Crippen LogP contribution in [-0.2, 0) is 17.6 Å². The molecule has 1 aliphatic heterocycles. The number of rotatable bonds is 5. The summed E-state index contributed by atoms with van der Waals surface area (Å²) in [6.07, 6.45) is 4.52. The summed E-state index contributed by atoms with van der Waals surface area (Å²) in [5.41, 5.74) is 9.58. The number of aromatic amines is 1. The van der Waals surface area contributed by atoms with Crippen molar-refractivity contribution in [2.75, 3.05) is 22.9 Å². The van der Waals surface area contributed by atoms with Crippen LogP contribution in [0.25, 0.3) is 0 Å².